The molecule has 2 heterocycles. The topological polar surface area (TPSA) is 59.8 Å². The number of benzene rings is 2. The number of hydrogen-bond donors (Lipinski definition) is 1. The molecule has 30 heavy (non-hydrogen) atoms. The molecule has 0 aliphatic carbocycles. The van der Waals surface area contributed by atoms with Gasteiger partial charge in [0.25, 0.3) is 0 Å². The molecule has 0 aliphatic heterocycles. The number of thioether (sulfide) groups is 1. The van der Waals surface area contributed by atoms with Crippen LogP contribution in [0.5, 0.6) is 0 Å². The van der Waals surface area contributed by atoms with E-state index in [0.29, 0.717) is 10.2 Å². The molecule has 2 aromatic heterocycles. The summed E-state index contributed by atoms with van der Waals surface area (Å²) < 4.78 is 1.83. The number of carbonyl (C=O) groups is 1. The van der Waals surface area contributed by atoms with E-state index in [1.165, 1.54) is 11.8 Å². The van der Waals surface area contributed by atoms with Crippen LogP contribution in [0.15, 0.2) is 77.5 Å². The molecule has 8 heteroatoms. The molecule has 1 atom stereocenters. The molecule has 0 saturated heterocycles. The minimum absolute atomic E-state index is 0.0706. The fourth-order valence-electron chi connectivity index (χ4n) is 2.98. The van der Waals surface area contributed by atoms with Crippen molar-refractivity contribution in [2.75, 3.05) is 5.75 Å². The van der Waals surface area contributed by atoms with Gasteiger partial charge in [0, 0.05) is 9.90 Å². The van der Waals surface area contributed by atoms with E-state index in [1.54, 1.807) is 17.7 Å². The van der Waals surface area contributed by atoms with Crippen molar-refractivity contribution in [3.63, 3.8) is 0 Å². The van der Waals surface area contributed by atoms with Crippen LogP contribution in [0.4, 0.5) is 0 Å². The Labute approximate surface area is 188 Å². The number of nitrogens with one attached hydrogen (secondary N) is 1. The van der Waals surface area contributed by atoms with Crippen LogP contribution < -0.4 is 5.32 Å². The number of rotatable bonds is 7. The number of aromatic nitrogens is 3. The number of thiophene rings is 1. The Hall–Kier alpha value is -2.61. The third kappa shape index (κ3) is 4.75. The second kappa shape index (κ2) is 9.47. The van der Waals surface area contributed by atoms with Crippen molar-refractivity contribution in [3.05, 3.63) is 93.4 Å². The number of aryl methyl sites for hydroxylation is 1. The van der Waals surface area contributed by atoms with Gasteiger partial charge < -0.3 is 5.32 Å². The van der Waals surface area contributed by atoms with Gasteiger partial charge in [0.15, 0.2) is 5.16 Å². The average Bonchev–Trinajstić information content (AvgIpc) is 3.45. The number of amides is 1. The van der Waals surface area contributed by atoms with Gasteiger partial charge in [0.1, 0.15) is 6.33 Å². The third-order valence-electron chi connectivity index (χ3n) is 4.55. The number of halogens is 1. The monoisotopic (exact) mass is 454 g/mol. The van der Waals surface area contributed by atoms with Crippen molar-refractivity contribution in [3.8, 4) is 5.69 Å². The maximum atomic E-state index is 12.8. The molecule has 4 aromatic rings. The number of carbonyl (C=O) groups excluding carboxylic acids is 1. The first kappa shape index (κ1) is 20.7. The van der Waals surface area contributed by atoms with E-state index >= 15 is 0 Å². The van der Waals surface area contributed by atoms with Gasteiger partial charge in [-0.15, -0.1) is 21.5 Å². The van der Waals surface area contributed by atoms with Crippen LogP contribution in [0.1, 0.15) is 22.0 Å². The fourth-order valence-corrected chi connectivity index (χ4v) is 4.70. The molecule has 152 valence electrons. The highest BCUT2D eigenvalue weighted by molar-refractivity contribution is 7.99. The van der Waals surface area contributed by atoms with Crippen LogP contribution in [-0.2, 0) is 4.79 Å². The first-order valence-electron chi connectivity index (χ1n) is 9.29. The maximum absolute atomic E-state index is 12.8. The first-order valence-corrected chi connectivity index (χ1v) is 11.5. The summed E-state index contributed by atoms with van der Waals surface area (Å²) in [6.07, 6.45) is 1.62. The van der Waals surface area contributed by atoms with E-state index in [0.717, 1.165) is 21.7 Å². The summed E-state index contributed by atoms with van der Waals surface area (Å²) in [6, 6.07) is 19.6. The molecule has 1 N–H and O–H groups in total. The lowest BCUT2D eigenvalue weighted by Crippen LogP contribution is -2.30. The lowest BCUT2D eigenvalue weighted by atomic mass is 10.1. The van der Waals surface area contributed by atoms with Gasteiger partial charge in [-0.2, -0.15) is 0 Å². The maximum Gasteiger partial charge on any atom is 0.231 e. The van der Waals surface area contributed by atoms with Crippen molar-refractivity contribution in [1.82, 2.24) is 20.1 Å². The van der Waals surface area contributed by atoms with Crippen molar-refractivity contribution in [1.29, 1.82) is 0 Å². The lowest BCUT2D eigenvalue weighted by molar-refractivity contribution is -0.119. The van der Waals surface area contributed by atoms with Crippen molar-refractivity contribution in [2.45, 2.75) is 18.1 Å². The fraction of sp³-hybridized carbons (Fsp3) is 0.136. The predicted octanol–water partition coefficient (Wildman–Crippen LogP) is 5.29. The first-order chi connectivity index (χ1) is 14.6. The molecule has 0 bridgehead atoms. The standard InChI is InChI=1S/C22H19ClN4OS2/c1-15-9-10-17(12-18(15)23)27-14-24-26-22(27)30-13-20(28)25-21(19-8-5-11-29-19)16-6-3-2-4-7-16/h2-12,14,21H,13H2,1H3,(H,25,28)/t21-/m0/s1. The van der Waals surface area contributed by atoms with E-state index in [1.807, 2.05) is 77.5 Å². The number of hydrogen-bond acceptors (Lipinski definition) is 5. The van der Waals surface area contributed by atoms with Gasteiger partial charge in [-0.05, 0) is 41.6 Å². The lowest BCUT2D eigenvalue weighted by Gasteiger charge is -2.18. The van der Waals surface area contributed by atoms with Crippen LogP contribution in [0.3, 0.4) is 0 Å². The van der Waals surface area contributed by atoms with E-state index in [2.05, 4.69) is 15.5 Å². The Kier molecular flexibility index (Phi) is 6.52. The Morgan fingerprint density at radius 3 is 2.77 bits per heavy atom. The molecule has 0 radical (unpaired) electrons. The van der Waals surface area contributed by atoms with Gasteiger partial charge in [-0.1, -0.05) is 65.8 Å². The molecule has 0 aliphatic rings. The van der Waals surface area contributed by atoms with Crippen LogP contribution in [-0.4, -0.2) is 26.4 Å². The zero-order valence-electron chi connectivity index (χ0n) is 16.2. The summed E-state index contributed by atoms with van der Waals surface area (Å²) in [5, 5.41) is 14.6. The molecule has 4 rings (SSSR count). The molecular weight excluding hydrogens is 436 g/mol. The summed E-state index contributed by atoms with van der Waals surface area (Å²) in [5.41, 5.74) is 2.91. The SMILES string of the molecule is Cc1ccc(-n2cnnc2SCC(=O)N[C@@H](c2ccccc2)c2cccs2)cc1Cl. The average molecular weight is 455 g/mol. The van der Waals surface area contributed by atoms with Gasteiger partial charge in [0.05, 0.1) is 17.5 Å². The predicted molar refractivity (Wildman–Crippen MR) is 123 cm³/mol. The van der Waals surface area contributed by atoms with Gasteiger partial charge in [0.2, 0.25) is 5.91 Å². The minimum Gasteiger partial charge on any atom is -0.344 e. The molecule has 0 spiro atoms. The Morgan fingerprint density at radius 2 is 2.03 bits per heavy atom. The Bertz CT molecular complexity index is 1130. The highest BCUT2D eigenvalue weighted by atomic mass is 35.5. The largest absolute Gasteiger partial charge is 0.344 e. The van der Waals surface area contributed by atoms with Crippen LogP contribution in [0, 0.1) is 6.92 Å². The Balaban J connectivity index is 1.46. The molecule has 2 aromatic carbocycles. The molecular formula is C22H19ClN4OS2. The molecule has 1 amide bonds. The summed E-state index contributed by atoms with van der Waals surface area (Å²) in [7, 11) is 0. The minimum atomic E-state index is -0.173. The summed E-state index contributed by atoms with van der Waals surface area (Å²) in [4.78, 5) is 13.9. The molecule has 5 nitrogen and oxygen atoms in total. The molecule has 0 fully saturated rings. The van der Waals surface area contributed by atoms with Crippen LogP contribution >= 0.6 is 34.7 Å². The van der Waals surface area contributed by atoms with E-state index < -0.39 is 0 Å². The third-order valence-corrected chi connectivity index (χ3v) is 6.84. The second-order valence-corrected chi connectivity index (χ2v) is 8.96. The highest BCUT2D eigenvalue weighted by Crippen LogP contribution is 2.27. The van der Waals surface area contributed by atoms with E-state index in [4.69, 9.17) is 11.6 Å². The zero-order chi connectivity index (χ0) is 20.9. The Morgan fingerprint density at radius 1 is 1.20 bits per heavy atom. The molecule has 0 saturated carbocycles. The smallest absolute Gasteiger partial charge is 0.231 e. The summed E-state index contributed by atoms with van der Waals surface area (Å²) in [6.45, 7) is 1.95. The van der Waals surface area contributed by atoms with Crippen molar-refractivity contribution < 1.29 is 4.79 Å². The molecule has 0 unspecified atom stereocenters. The van der Waals surface area contributed by atoms with Gasteiger partial charge in [-0.3, -0.25) is 9.36 Å². The van der Waals surface area contributed by atoms with E-state index in [-0.39, 0.29) is 17.7 Å². The van der Waals surface area contributed by atoms with Gasteiger partial charge >= 0.3 is 0 Å². The zero-order valence-corrected chi connectivity index (χ0v) is 18.5. The van der Waals surface area contributed by atoms with Crippen molar-refractivity contribution in [2.24, 2.45) is 0 Å². The van der Waals surface area contributed by atoms with Crippen LogP contribution in [0.2, 0.25) is 5.02 Å². The van der Waals surface area contributed by atoms with E-state index in [9.17, 15) is 4.79 Å². The second-order valence-electron chi connectivity index (χ2n) is 6.63. The van der Waals surface area contributed by atoms with Gasteiger partial charge in [-0.25, -0.2) is 0 Å². The number of nitrogens with zero attached hydrogens (tertiary/aromatic N) is 3. The summed E-state index contributed by atoms with van der Waals surface area (Å²) in [5.74, 6) is 0.159. The quantitative estimate of drug-likeness (QED) is 0.385. The van der Waals surface area contributed by atoms with Crippen molar-refractivity contribution >= 4 is 40.6 Å². The normalized spacial score (nSPS) is 11.9. The summed E-state index contributed by atoms with van der Waals surface area (Å²) >= 11 is 9.22. The van der Waals surface area contributed by atoms with Crippen LogP contribution in [0.25, 0.3) is 5.69 Å². The highest BCUT2D eigenvalue weighted by Gasteiger charge is 2.18.